The zero-order chi connectivity index (χ0) is 31.9. The van der Waals surface area contributed by atoms with Crippen LogP contribution in [-0.2, 0) is 16.0 Å². The molecule has 3 atom stereocenters. The molecule has 0 saturated carbocycles. The first-order valence-electron chi connectivity index (χ1n) is 14.9. The lowest BCUT2D eigenvalue weighted by molar-refractivity contribution is -0.109. The van der Waals surface area contributed by atoms with Crippen LogP contribution in [0.2, 0.25) is 0 Å². The largest absolute Gasteiger partial charge is 0.467 e. The van der Waals surface area contributed by atoms with Crippen LogP contribution in [0.1, 0.15) is 46.1 Å². The lowest BCUT2D eigenvalue weighted by Crippen LogP contribution is -2.57. The van der Waals surface area contributed by atoms with Crippen molar-refractivity contribution in [1.82, 2.24) is 19.9 Å². The number of ether oxygens (including phenoxy) is 2. The summed E-state index contributed by atoms with van der Waals surface area (Å²) in [6.45, 7) is 8.47. The number of hydrogen-bond acceptors (Lipinski definition) is 9. The number of pyridine rings is 1. The predicted octanol–water partition coefficient (Wildman–Crippen LogP) is 7.03. The minimum Gasteiger partial charge on any atom is -0.467 e. The van der Waals surface area contributed by atoms with Gasteiger partial charge in [0, 0.05) is 24.8 Å². The fourth-order valence-corrected chi connectivity index (χ4v) is 7.34. The Morgan fingerprint density at radius 1 is 1.18 bits per heavy atom. The maximum absolute atomic E-state index is 16.8. The number of nitrogens with zero attached hydrogens (tertiary/aromatic N) is 5. The van der Waals surface area contributed by atoms with Crippen molar-refractivity contribution in [1.29, 1.82) is 0 Å². The Bertz CT molecular complexity index is 1770. The van der Waals surface area contributed by atoms with Gasteiger partial charge in [-0.3, -0.25) is 14.7 Å². The van der Waals surface area contributed by atoms with Crippen molar-refractivity contribution in [2.45, 2.75) is 64.6 Å². The Labute approximate surface area is 275 Å². The van der Waals surface area contributed by atoms with E-state index in [1.165, 1.54) is 0 Å². The molecule has 45 heavy (non-hydrogen) atoms. The number of hydrogen-bond donors (Lipinski definition) is 0. The number of aryl methyl sites for hydroxylation is 1. The number of carbonyl (C=O) groups excluding carboxylic acids is 2. The second-order valence-electron chi connectivity index (χ2n) is 12.2. The molecule has 236 valence electrons. The van der Waals surface area contributed by atoms with Gasteiger partial charge in [0.15, 0.2) is 12.1 Å². The van der Waals surface area contributed by atoms with E-state index in [0.717, 1.165) is 35.6 Å². The third kappa shape index (κ3) is 6.23. The molecule has 2 aromatic carbocycles. The van der Waals surface area contributed by atoms with Crippen molar-refractivity contribution in [3.05, 3.63) is 47.9 Å². The highest BCUT2D eigenvalue weighted by atomic mass is 127. The van der Waals surface area contributed by atoms with Crippen molar-refractivity contribution in [2.24, 2.45) is 0 Å². The minimum atomic E-state index is -0.622. The first kappa shape index (κ1) is 31.6. The normalized spacial score (nSPS) is 18.3. The molecule has 1 amide bonds. The van der Waals surface area contributed by atoms with Crippen LogP contribution in [0.3, 0.4) is 0 Å². The zero-order valence-electron chi connectivity index (χ0n) is 25.5. The number of rotatable bonds is 8. The van der Waals surface area contributed by atoms with Crippen LogP contribution in [0.15, 0.2) is 36.5 Å². The molecular weight excluding hydrogens is 711 g/mol. The summed E-state index contributed by atoms with van der Waals surface area (Å²) in [7, 11) is 0. The number of amides is 1. The number of halogens is 2. The first-order chi connectivity index (χ1) is 21.6. The van der Waals surface area contributed by atoms with Gasteiger partial charge in [0.05, 0.1) is 17.5 Å². The number of carbonyl (C=O) groups is 2. The fraction of sp³-hybridized carbons (Fsp3) is 0.406. The third-order valence-electron chi connectivity index (χ3n) is 8.14. The second kappa shape index (κ2) is 12.8. The molecule has 2 aliphatic rings. The molecule has 2 aromatic heterocycles. The lowest BCUT2D eigenvalue weighted by atomic mass is 9.95. The van der Waals surface area contributed by atoms with Crippen LogP contribution < -0.4 is 14.2 Å². The minimum absolute atomic E-state index is 0.0389. The molecule has 0 N–H and O–H groups in total. The van der Waals surface area contributed by atoms with Gasteiger partial charge in [0.25, 0.3) is 0 Å². The van der Waals surface area contributed by atoms with E-state index in [1.54, 1.807) is 6.20 Å². The van der Waals surface area contributed by atoms with Gasteiger partial charge in [-0.1, -0.05) is 25.1 Å². The molecule has 4 aromatic rings. The number of anilines is 1. The van der Waals surface area contributed by atoms with Gasteiger partial charge in [0.2, 0.25) is 0 Å². The number of aromatic nitrogens is 3. The highest BCUT2D eigenvalue weighted by molar-refractivity contribution is 14.2. The molecule has 2 bridgehead atoms. The summed E-state index contributed by atoms with van der Waals surface area (Å²) in [6.07, 6.45) is 4.25. The summed E-state index contributed by atoms with van der Waals surface area (Å²) >= 11 is 2.16. The van der Waals surface area contributed by atoms with Crippen molar-refractivity contribution in [2.75, 3.05) is 24.6 Å². The molecule has 2 aliphatic heterocycles. The Hall–Kier alpha value is -3.38. The van der Waals surface area contributed by atoms with Crippen molar-refractivity contribution >= 4 is 68.4 Å². The summed E-state index contributed by atoms with van der Waals surface area (Å²) in [5, 5.41) is 2.24. The van der Waals surface area contributed by atoms with E-state index < -0.39 is 11.4 Å². The lowest BCUT2D eigenvalue weighted by Gasteiger charge is -2.42. The average molecular weight is 746 g/mol. The van der Waals surface area contributed by atoms with E-state index in [9.17, 15) is 9.59 Å². The monoisotopic (exact) mass is 745 g/mol. The summed E-state index contributed by atoms with van der Waals surface area (Å²) < 4.78 is 33.9. The molecule has 10 nitrogen and oxygen atoms in total. The highest BCUT2D eigenvalue weighted by Crippen LogP contribution is 2.41. The van der Waals surface area contributed by atoms with E-state index >= 15 is 4.39 Å². The van der Waals surface area contributed by atoms with Crippen molar-refractivity contribution < 1.29 is 28.0 Å². The first-order valence-corrected chi connectivity index (χ1v) is 18.9. The van der Waals surface area contributed by atoms with Gasteiger partial charge >= 0.3 is 12.1 Å². The van der Waals surface area contributed by atoms with Crippen LogP contribution >= 0.6 is 28.5 Å². The summed E-state index contributed by atoms with van der Waals surface area (Å²) in [5.74, 6) is 0.446. The predicted molar refractivity (Wildman–Crippen MR) is 181 cm³/mol. The maximum atomic E-state index is 16.8. The summed E-state index contributed by atoms with van der Waals surface area (Å²) in [4.78, 5) is 41.8. The van der Waals surface area contributed by atoms with Crippen LogP contribution in [0, 0.1) is 5.82 Å². The molecule has 3 unspecified atom stereocenters. The van der Waals surface area contributed by atoms with Gasteiger partial charge in [-0.2, -0.15) is 9.97 Å². The fourth-order valence-electron chi connectivity index (χ4n) is 6.38. The molecule has 0 radical (unpaired) electrons. The smallest absolute Gasteiger partial charge is 0.410 e. The molecule has 13 heteroatoms. The van der Waals surface area contributed by atoms with E-state index in [4.69, 9.17) is 14.0 Å². The van der Waals surface area contributed by atoms with Gasteiger partial charge in [-0.15, -0.1) is 0 Å². The standard InChI is InChI=1S/C32H34FIN5O5P/c1-5-18-7-6-8-19-13-22(44-45-34)14-23(25(18)19)27-26(33)28-24(15-35-27)29(37-30(36-28)42-12-11-40)38-16-20-9-10-21(17-38)39(20)31(41)43-32(2,3)4/h6-8,11,13-15,20-21,45H,5,9-10,12,16-17H2,1-4H3. The quantitative estimate of drug-likeness (QED) is 0.107. The zero-order valence-corrected chi connectivity index (χ0v) is 28.6. The van der Waals surface area contributed by atoms with Crippen LogP contribution in [0.5, 0.6) is 11.8 Å². The third-order valence-corrected chi connectivity index (χ3v) is 9.11. The van der Waals surface area contributed by atoms with Gasteiger partial charge in [-0.05, 0) is 90.5 Å². The maximum Gasteiger partial charge on any atom is 0.410 e. The molecule has 0 spiro atoms. The van der Waals surface area contributed by atoms with Crippen LogP contribution in [0.4, 0.5) is 15.0 Å². The van der Waals surface area contributed by atoms with Gasteiger partial charge in [-0.25, -0.2) is 9.18 Å². The molecule has 6 rings (SSSR count). The Morgan fingerprint density at radius 3 is 2.60 bits per heavy atom. The molecule has 0 aliphatic carbocycles. The van der Waals surface area contributed by atoms with E-state index in [-0.39, 0.29) is 48.5 Å². The number of aldehydes is 1. The summed E-state index contributed by atoms with van der Waals surface area (Å²) in [6, 6.07) is 9.48. The Kier molecular flexibility index (Phi) is 8.98. The summed E-state index contributed by atoms with van der Waals surface area (Å²) in [5.41, 5.74) is 1.24. The highest BCUT2D eigenvalue weighted by Gasteiger charge is 2.45. The Balaban J connectivity index is 1.46. The molecule has 2 fully saturated rings. The number of fused-ring (bicyclic) bond motifs is 4. The number of benzene rings is 2. The van der Waals surface area contributed by atoms with E-state index in [0.29, 0.717) is 41.9 Å². The second-order valence-corrected chi connectivity index (χ2v) is 13.9. The van der Waals surface area contributed by atoms with Crippen LogP contribution in [0.25, 0.3) is 32.9 Å². The topological polar surface area (TPSA) is 107 Å². The molecule has 2 saturated heterocycles. The SMILES string of the molecule is CCc1cccc2cc(OPI)cc(-c3ncc4c(N5CC6CCC(C5)N6C(=O)OC(C)(C)C)nc(OCC=O)nc4c3F)c12. The van der Waals surface area contributed by atoms with Gasteiger partial charge < -0.3 is 18.9 Å². The van der Waals surface area contributed by atoms with Crippen LogP contribution in [-0.4, -0.2) is 69.6 Å². The Morgan fingerprint density at radius 2 is 1.93 bits per heavy atom. The van der Waals surface area contributed by atoms with Gasteiger partial charge in [0.1, 0.15) is 41.4 Å². The average Bonchev–Trinajstić information content (AvgIpc) is 3.28. The van der Waals surface area contributed by atoms with Crippen molar-refractivity contribution in [3.63, 3.8) is 0 Å². The van der Waals surface area contributed by atoms with E-state index in [1.807, 2.05) is 60.9 Å². The molecule has 4 heterocycles. The van der Waals surface area contributed by atoms with Crippen molar-refractivity contribution in [3.8, 4) is 23.0 Å². The number of piperazine rings is 1. The molecular formula is C32H34FIN5O5P. The van der Waals surface area contributed by atoms with E-state index in [2.05, 4.69) is 43.9 Å².